The average molecular weight is 452 g/mol. The third-order valence-corrected chi connectivity index (χ3v) is 6.82. The minimum Gasteiger partial charge on any atom is -0.444 e. The molecule has 11 heteroatoms. The van der Waals surface area contributed by atoms with Crippen molar-refractivity contribution in [3.05, 3.63) is 29.8 Å². The fraction of sp³-hybridized carbons (Fsp3) is 0.632. The number of alkyl halides is 3. The SMILES string of the molecule is CC1CN(C(=O)OC(C)(C)C)CCN1S(=O)(=O)c1ccc(C(C)(O)C(F)(F)F)cc1. The van der Waals surface area contributed by atoms with Crippen LogP contribution in [0.15, 0.2) is 29.2 Å². The van der Waals surface area contributed by atoms with Gasteiger partial charge in [-0.3, -0.25) is 0 Å². The number of benzene rings is 1. The molecule has 1 N–H and O–H groups in total. The summed E-state index contributed by atoms with van der Waals surface area (Å²) in [6.07, 6.45) is -5.44. The van der Waals surface area contributed by atoms with Gasteiger partial charge in [-0.1, -0.05) is 12.1 Å². The van der Waals surface area contributed by atoms with Crippen LogP contribution in [-0.2, 0) is 20.4 Å². The van der Waals surface area contributed by atoms with Gasteiger partial charge in [-0.15, -0.1) is 0 Å². The van der Waals surface area contributed by atoms with Crippen molar-refractivity contribution in [2.45, 2.75) is 62.9 Å². The summed E-state index contributed by atoms with van der Waals surface area (Å²) in [5, 5.41) is 9.73. The minimum atomic E-state index is -4.90. The Labute approximate surface area is 174 Å². The van der Waals surface area contributed by atoms with Crippen molar-refractivity contribution in [3.63, 3.8) is 0 Å². The lowest BCUT2D eigenvalue weighted by molar-refractivity contribution is -0.258. The van der Waals surface area contributed by atoms with E-state index in [0.29, 0.717) is 6.92 Å². The summed E-state index contributed by atoms with van der Waals surface area (Å²) in [7, 11) is -4.00. The van der Waals surface area contributed by atoms with Gasteiger partial charge in [-0.25, -0.2) is 13.2 Å². The number of rotatable bonds is 3. The van der Waals surface area contributed by atoms with Crippen LogP contribution in [0.1, 0.15) is 40.2 Å². The highest BCUT2D eigenvalue weighted by Gasteiger charge is 2.51. The number of aliphatic hydroxyl groups is 1. The molecule has 1 aliphatic heterocycles. The number of carbonyl (C=O) groups excluding carboxylic acids is 1. The summed E-state index contributed by atoms with van der Waals surface area (Å²) in [5.41, 5.74) is -4.23. The van der Waals surface area contributed by atoms with Crippen LogP contribution in [-0.4, -0.2) is 66.3 Å². The van der Waals surface area contributed by atoms with E-state index in [9.17, 15) is 31.5 Å². The molecule has 1 saturated heterocycles. The van der Waals surface area contributed by atoms with Crippen LogP contribution in [0.3, 0.4) is 0 Å². The molecule has 0 aromatic heterocycles. The maximum absolute atomic E-state index is 13.0. The van der Waals surface area contributed by atoms with Crippen molar-refractivity contribution in [2.75, 3.05) is 19.6 Å². The van der Waals surface area contributed by atoms with E-state index in [1.54, 1.807) is 27.7 Å². The predicted octanol–water partition coefficient (Wildman–Crippen LogP) is 3.09. The van der Waals surface area contributed by atoms with Crippen LogP contribution in [0.4, 0.5) is 18.0 Å². The Morgan fingerprint density at radius 1 is 1.10 bits per heavy atom. The first-order chi connectivity index (χ1) is 13.5. The van der Waals surface area contributed by atoms with E-state index in [4.69, 9.17) is 4.74 Å². The molecule has 0 aliphatic carbocycles. The molecule has 1 aromatic carbocycles. The van der Waals surface area contributed by atoms with Gasteiger partial charge in [0, 0.05) is 25.7 Å². The molecule has 7 nitrogen and oxygen atoms in total. The van der Waals surface area contributed by atoms with Crippen LogP contribution < -0.4 is 0 Å². The number of piperazine rings is 1. The zero-order valence-corrected chi connectivity index (χ0v) is 18.3. The topological polar surface area (TPSA) is 87.2 Å². The molecule has 2 atom stereocenters. The van der Waals surface area contributed by atoms with Crippen molar-refractivity contribution < 1.29 is 36.2 Å². The average Bonchev–Trinajstić information content (AvgIpc) is 2.59. The molecule has 1 amide bonds. The normalized spacial score (nSPS) is 21.2. The Balaban J connectivity index is 2.18. The zero-order chi connectivity index (χ0) is 23.1. The number of nitrogens with zero attached hydrogens (tertiary/aromatic N) is 2. The zero-order valence-electron chi connectivity index (χ0n) is 17.5. The van der Waals surface area contributed by atoms with Gasteiger partial charge in [0.05, 0.1) is 4.90 Å². The highest BCUT2D eigenvalue weighted by molar-refractivity contribution is 7.89. The molecular formula is C19H27F3N2O5S. The first kappa shape index (κ1) is 24.4. The molecule has 0 saturated carbocycles. The molecule has 1 fully saturated rings. The number of ether oxygens (including phenoxy) is 1. The highest BCUT2D eigenvalue weighted by atomic mass is 32.2. The molecule has 170 valence electrons. The van der Waals surface area contributed by atoms with Gasteiger partial charge in [0.1, 0.15) is 5.60 Å². The Bertz CT molecular complexity index is 877. The molecule has 1 aromatic rings. The Morgan fingerprint density at radius 3 is 2.07 bits per heavy atom. The van der Waals surface area contributed by atoms with Crippen molar-refractivity contribution in [2.24, 2.45) is 0 Å². The highest BCUT2D eigenvalue weighted by Crippen LogP contribution is 2.38. The standard InChI is InChI=1S/C19H27F3N2O5S/c1-13-12-23(16(25)29-17(2,3)4)10-11-24(13)30(27,28)15-8-6-14(7-9-15)18(5,26)19(20,21)22/h6-9,13,26H,10-12H2,1-5H3. The maximum atomic E-state index is 13.0. The molecular weight excluding hydrogens is 425 g/mol. The van der Waals surface area contributed by atoms with Gasteiger partial charge < -0.3 is 14.7 Å². The lowest BCUT2D eigenvalue weighted by Crippen LogP contribution is -2.56. The van der Waals surface area contributed by atoms with Gasteiger partial charge in [0.25, 0.3) is 0 Å². The van der Waals surface area contributed by atoms with Gasteiger partial charge >= 0.3 is 12.3 Å². The third kappa shape index (κ3) is 5.06. The second kappa shape index (κ2) is 8.01. The van der Waals surface area contributed by atoms with E-state index in [2.05, 4.69) is 0 Å². The number of halogens is 3. The van der Waals surface area contributed by atoms with Gasteiger partial charge in [0.2, 0.25) is 10.0 Å². The van der Waals surface area contributed by atoms with Crippen molar-refractivity contribution in [1.29, 1.82) is 0 Å². The van der Waals surface area contributed by atoms with Crippen molar-refractivity contribution in [3.8, 4) is 0 Å². The molecule has 0 spiro atoms. The predicted molar refractivity (Wildman–Crippen MR) is 103 cm³/mol. The van der Waals surface area contributed by atoms with Crippen LogP contribution in [0.2, 0.25) is 0 Å². The molecule has 1 aliphatic rings. The fourth-order valence-electron chi connectivity index (χ4n) is 3.04. The molecule has 0 bridgehead atoms. The Hall–Kier alpha value is -1.85. The summed E-state index contributed by atoms with van der Waals surface area (Å²) in [6, 6.07) is 3.41. The minimum absolute atomic E-state index is 0.0186. The first-order valence-electron chi connectivity index (χ1n) is 9.36. The molecule has 2 unspecified atom stereocenters. The van der Waals surface area contributed by atoms with E-state index >= 15 is 0 Å². The van der Waals surface area contributed by atoms with E-state index < -0.39 is 45.1 Å². The number of hydrogen-bond acceptors (Lipinski definition) is 5. The molecule has 30 heavy (non-hydrogen) atoms. The van der Waals surface area contributed by atoms with Crippen LogP contribution in [0, 0.1) is 0 Å². The second-order valence-electron chi connectivity index (χ2n) is 8.49. The molecule has 2 rings (SSSR count). The van der Waals surface area contributed by atoms with Gasteiger partial charge in [-0.05, 0) is 52.3 Å². The van der Waals surface area contributed by atoms with E-state index in [1.165, 1.54) is 9.21 Å². The van der Waals surface area contributed by atoms with Crippen LogP contribution >= 0.6 is 0 Å². The lowest BCUT2D eigenvalue weighted by Gasteiger charge is -2.39. The quantitative estimate of drug-likeness (QED) is 0.762. The van der Waals surface area contributed by atoms with Gasteiger partial charge in [0.15, 0.2) is 5.60 Å². The summed E-state index contributed by atoms with van der Waals surface area (Å²) in [6.45, 7) is 7.70. The van der Waals surface area contributed by atoms with Crippen molar-refractivity contribution >= 4 is 16.1 Å². The number of sulfonamides is 1. The Kier molecular flexibility index (Phi) is 6.52. The smallest absolute Gasteiger partial charge is 0.421 e. The summed E-state index contributed by atoms with van der Waals surface area (Å²) in [5.74, 6) is 0. The lowest BCUT2D eigenvalue weighted by atomic mass is 9.96. The summed E-state index contributed by atoms with van der Waals surface area (Å²) < 4.78 is 71.4. The largest absolute Gasteiger partial charge is 0.444 e. The van der Waals surface area contributed by atoms with E-state index in [1.807, 2.05) is 0 Å². The Morgan fingerprint density at radius 2 is 1.63 bits per heavy atom. The number of hydrogen-bond donors (Lipinski definition) is 1. The van der Waals surface area contributed by atoms with Crippen molar-refractivity contribution in [1.82, 2.24) is 9.21 Å². The second-order valence-corrected chi connectivity index (χ2v) is 10.4. The van der Waals surface area contributed by atoms with E-state index in [0.717, 1.165) is 24.3 Å². The summed E-state index contributed by atoms with van der Waals surface area (Å²) in [4.78, 5) is 13.4. The first-order valence-corrected chi connectivity index (χ1v) is 10.8. The van der Waals surface area contributed by atoms with Crippen LogP contribution in [0.5, 0.6) is 0 Å². The van der Waals surface area contributed by atoms with Crippen LogP contribution in [0.25, 0.3) is 0 Å². The third-order valence-electron chi connectivity index (χ3n) is 4.79. The fourth-order valence-corrected chi connectivity index (χ4v) is 4.65. The van der Waals surface area contributed by atoms with E-state index in [-0.39, 0.29) is 24.5 Å². The molecule has 0 radical (unpaired) electrons. The maximum Gasteiger partial charge on any atom is 0.421 e. The number of amides is 1. The molecule has 1 heterocycles. The van der Waals surface area contributed by atoms with Gasteiger partial charge in [-0.2, -0.15) is 17.5 Å². The summed E-state index contributed by atoms with van der Waals surface area (Å²) >= 11 is 0. The number of carbonyl (C=O) groups is 1. The monoisotopic (exact) mass is 452 g/mol.